The average Bonchev–Trinajstić information content (AvgIpc) is 1.97. The topological polar surface area (TPSA) is 0 Å². The van der Waals surface area contributed by atoms with E-state index in [2.05, 4.69) is 26.7 Å². The second-order valence-electron chi connectivity index (χ2n) is 2.44. The smallest absolute Gasteiger partial charge is 0 e. The fraction of sp³-hybridized carbons (Fsp3) is 0.600. The van der Waals surface area contributed by atoms with Crippen LogP contribution in [-0.2, 0) is 98.1 Å². The summed E-state index contributed by atoms with van der Waals surface area (Å²) in [4.78, 5) is 0. The largest absolute Gasteiger partial charge is 0.346 e. The van der Waals surface area contributed by atoms with E-state index in [4.69, 9.17) is 0 Å². The third-order valence-electron chi connectivity index (χ3n) is 1.39. The van der Waals surface area contributed by atoms with Crippen molar-refractivity contribution in [3.8, 4) is 0 Å². The molecule has 0 aromatic rings. The summed E-state index contributed by atoms with van der Waals surface area (Å²) in [7, 11) is 0. The molecule has 0 bridgehead atoms. The third-order valence-corrected chi connectivity index (χ3v) is 1.39. The van der Waals surface area contributed by atoms with E-state index in [1.807, 2.05) is 0 Å². The van der Waals surface area contributed by atoms with E-state index in [0.29, 0.717) is 0 Å². The monoisotopic (exact) mass is 405 g/mol. The molecule has 0 fully saturated rings. The molecule has 0 amide bonds. The average molecular weight is 405 g/mol. The van der Waals surface area contributed by atoms with Gasteiger partial charge in [0.05, 0.1) is 0 Å². The van der Waals surface area contributed by atoms with E-state index in [1.165, 1.54) is 12.8 Å². The first-order valence-electron chi connectivity index (χ1n) is 4.13. The molecule has 0 unspecified atom stereocenters. The van der Waals surface area contributed by atoms with Crippen molar-refractivity contribution >= 4 is 0 Å². The van der Waals surface area contributed by atoms with Crippen molar-refractivity contribution in [1.29, 1.82) is 0 Å². The van der Waals surface area contributed by atoms with E-state index in [-0.39, 0.29) is 98.1 Å². The zero-order valence-electron chi connectivity index (χ0n) is 8.54. The van der Waals surface area contributed by atoms with Gasteiger partial charge in [-0.25, -0.2) is 38.5 Å². The predicted octanol–water partition coefficient (Wildman–Crippen LogP) is 3.40. The van der Waals surface area contributed by atoms with Gasteiger partial charge in [-0.2, -0.15) is 0 Å². The molecule has 0 saturated carbocycles. The Kier molecular flexibility index (Phi) is 47.6. The zero-order valence-corrected chi connectivity index (χ0v) is 17.1. The van der Waals surface area contributed by atoms with E-state index < -0.39 is 0 Å². The summed E-state index contributed by atoms with van der Waals surface area (Å²) in [5, 5.41) is 0. The Hall–Kier alpha value is 3.31. The number of hydrogen-bond donors (Lipinski definition) is 0. The summed E-state index contributed by atoms with van der Waals surface area (Å²) < 4.78 is 0. The van der Waals surface area contributed by atoms with Crippen molar-refractivity contribution in [1.82, 2.24) is 0 Å². The van der Waals surface area contributed by atoms with Crippen LogP contribution in [0.25, 0.3) is 0 Å². The van der Waals surface area contributed by atoms with Crippen molar-refractivity contribution in [3.05, 3.63) is 26.7 Å². The van der Waals surface area contributed by atoms with Crippen LogP contribution in [0.1, 0.15) is 38.5 Å². The second-order valence-corrected chi connectivity index (χ2v) is 2.44. The van der Waals surface area contributed by atoms with E-state index in [1.54, 1.807) is 0 Å². The molecule has 0 heterocycles. The third kappa shape index (κ3) is 25.5. The molecule has 0 aliphatic rings. The van der Waals surface area contributed by atoms with Crippen LogP contribution in [0.4, 0.5) is 0 Å². The van der Waals surface area contributed by atoms with Gasteiger partial charge in [0, 0.05) is 98.1 Å². The Labute approximate surface area is 160 Å². The standard InChI is InChI=1S/C10H18.3Y/c1-3-5-7-9-10-8-6-4-2;;;/h7-8H,1-6,9-10H2;;;/q-4;;;. The Morgan fingerprint density at radius 3 is 1.15 bits per heavy atom. The van der Waals surface area contributed by atoms with Crippen LogP contribution in [0.3, 0.4) is 0 Å². The van der Waals surface area contributed by atoms with Gasteiger partial charge in [0.25, 0.3) is 0 Å². The van der Waals surface area contributed by atoms with Gasteiger partial charge >= 0.3 is 0 Å². The molecule has 0 spiro atoms. The Bertz CT molecular complexity index is 50.1. The van der Waals surface area contributed by atoms with Crippen LogP contribution in [0.2, 0.25) is 0 Å². The number of hydrogen-bond acceptors (Lipinski definition) is 0. The molecule has 3 heteroatoms. The Morgan fingerprint density at radius 2 is 0.923 bits per heavy atom. The molecule has 0 aromatic heterocycles. The minimum absolute atomic E-state index is 0. The SMILES string of the molecule is [CH2-]CC[CH-]CC[CH-]CC[CH2-].[Y].[Y].[Y]. The number of unbranched alkanes of at least 4 members (excludes halogenated alkanes) is 7. The van der Waals surface area contributed by atoms with Gasteiger partial charge in [-0.05, 0) is 0 Å². The summed E-state index contributed by atoms with van der Waals surface area (Å²) in [6, 6.07) is 0. The summed E-state index contributed by atoms with van der Waals surface area (Å²) in [5.41, 5.74) is 0. The molecule has 3 radical (unpaired) electrons. The van der Waals surface area contributed by atoms with Crippen molar-refractivity contribution < 1.29 is 98.1 Å². The van der Waals surface area contributed by atoms with Crippen molar-refractivity contribution in [2.24, 2.45) is 0 Å². The molecule has 0 saturated heterocycles. The van der Waals surface area contributed by atoms with Crippen molar-refractivity contribution in [3.63, 3.8) is 0 Å². The first kappa shape index (κ1) is 25.2. The molecule has 0 rings (SSSR count). The van der Waals surface area contributed by atoms with Crippen LogP contribution in [0.15, 0.2) is 0 Å². The van der Waals surface area contributed by atoms with Crippen LogP contribution >= 0.6 is 0 Å². The fourth-order valence-electron chi connectivity index (χ4n) is 0.813. The van der Waals surface area contributed by atoms with Gasteiger partial charge in [-0.1, -0.05) is 0 Å². The maximum Gasteiger partial charge on any atom is 0 e. The first-order valence-corrected chi connectivity index (χ1v) is 4.13. The molecule has 0 N–H and O–H groups in total. The van der Waals surface area contributed by atoms with Gasteiger partial charge in [0.2, 0.25) is 0 Å². The maximum atomic E-state index is 3.77. The summed E-state index contributed by atoms with van der Waals surface area (Å²) >= 11 is 0. The molecule has 0 nitrogen and oxygen atoms in total. The summed E-state index contributed by atoms with van der Waals surface area (Å²) in [6.07, 6.45) is 11.5. The van der Waals surface area contributed by atoms with E-state index >= 15 is 0 Å². The molecule has 13 heavy (non-hydrogen) atoms. The second kappa shape index (κ2) is 24.5. The minimum atomic E-state index is 0. The minimum Gasteiger partial charge on any atom is -0.346 e. The molecule has 0 aliphatic heterocycles. The van der Waals surface area contributed by atoms with Crippen LogP contribution in [0, 0.1) is 26.7 Å². The molecule has 0 atom stereocenters. The van der Waals surface area contributed by atoms with Crippen molar-refractivity contribution in [2.75, 3.05) is 0 Å². The zero-order chi connectivity index (χ0) is 7.66. The predicted molar refractivity (Wildman–Crippen MR) is 47.0 cm³/mol. The maximum absolute atomic E-state index is 3.77. The molecule has 0 aromatic carbocycles. The van der Waals surface area contributed by atoms with Crippen LogP contribution in [-0.4, -0.2) is 0 Å². The van der Waals surface area contributed by atoms with Crippen molar-refractivity contribution in [2.45, 2.75) is 38.5 Å². The molecule has 0 aliphatic carbocycles. The fourth-order valence-corrected chi connectivity index (χ4v) is 0.813. The van der Waals surface area contributed by atoms with Crippen LogP contribution in [0.5, 0.6) is 0 Å². The van der Waals surface area contributed by atoms with Crippen LogP contribution < -0.4 is 0 Å². The quantitative estimate of drug-likeness (QED) is 0.450. The van der Waals surface area contributed by atoms with E-state index in [9.17, 15) is 0 Å². The van der Waals surface area contributed by atoms with Gasteiger partial charge in [-0.3, -0.25) is 0 Å². The Balaban J connectivity index is -0.000000135. The van der Waals surface area contributed by atoms with Gasteiger partial charge in [0.15, 0.2) is 0 Å². The van der Waals surface area contributed by atoms with Gasteiger partial charge in [0.1, 0.15) is 0 Å². The first-order chi connectivity index (χ1) is 4.91. The molecular formula is C10H18Y3-4. The summed E-state index contributed by atoms with van der Waals surface area (Å²) in [6.45, 7) is 7.54. The normalized spacial score (nSPS) is 7.85. The van der Waals surface area contributed by atoms with Gasteiger partial charge in [-0.15, -0.1) is 0 Å². The molecule has 71 valence electrons. The Morgan fingerprint density at radius 1 is 0.615 bits per heavy atom. The number of rotatable bonds is 7. The van der Waals surface area contributed by atoms with E-state index in [0.717, 1.165) is 25.7 Å². The van der Waals surface area contributed by atoms with Gasteiger partial charge < -0.3 is 26.7 Å². The summed E-state index contributed by atoms with van der Waals surface area (Å²) in [5.74, 6) is 0. The molecular weight excluding hydrogens is 387 g/mol.